The van der Waals surface area contributed by atoms with E-state index in [4.69, 9.17) is 10.5 Å². The van der Waals surface area contributed by atoms with Crippen LogP contribution in [0.5, 0.6) is 5.75 Å². The molecule has 0 heterocycles. The van der Waals surface area contributed by atoms with Crippen LogP contribution in [0.2, 0.25) is 0 Å². The number of ether oxygens (including phenoxy) is 2. The van der Waals surface area contributed by atoms with E-state index in [9.17, 15) is 13.2 Å². The van der Waals surface area contributed by atoms with Crippen LogP contribution in [0.4, 0.5) is 13.2 Å². The van der Waals surface area contributed by atoms with Gasteiger partial charge in [-0.05, 0) is 25.1 Å². The normalized spacial score (nSPS) is 13.4. The van der Waals surface area contributed by atoms with E-state index in [0.29, 0.717) is 5.75 Å². The Hall–Kier alpha value is -0.790. The van der Waals surface area contributed by atoms with Gasteiger partial charge in [0.05, 0.1) is 6.61 Å². The summed E-state index contributed by atoms with van der Waals surface area (Å²) in [5, 5.41) is 0. The molecule has 0 spiro atoms. The minimum atomic E-state index is -4.31. The summed E-state index contributed by atoms with van der Waals surface area (Å²) in [5.74, 6) is 0.550. The zero-order chi connectivity index (χ0) is 14.5. The standard InChI is InChI=1S/C12H15BrF3NO2/c1-8(17)10-6-9(13)2-3-11(10)19-5-4-18-7-12(14,15)16/h2-3,6,8H,4-5,7,17H2,1H3/t8-/m0/s1. The zero-order valence-electron chi connectivity index (χ0n) is 10.3. The smallest absolute Gasteiger partial charge is 0.411 e. The van der Waals surface area contributed by atoms with E-state index in [2.05, 4.69) is 20.7 Å². The van der Waals surface area contributed by atoms with Gasteiger partial charge in [0.25, 0.3) is 0 Å². The van der Waals surface area contributed by atoms with Crippen LogP contribution in [0.15, 0.2) is 22.7 Å². The van der Waals surface area contributed by atoms with Crippen LogP contribution in [-0.4, -0.2) is 26.0 Å². The molecule has 0 aliphatic heterocycles. The van der Waals surface area contributed by atoms with Crippen LogP contribution < -0.4 is 10.5 Å². The third kappa shape index (κ3) is 6.26. The maximum absolute atomic E-state index is 11.8. The lowest BCUT2D eigenvalue weighted by Crippen LogP contribution is -2.19. The minimum absolute atomic E-state index is 0.0391. The van der Waals surface area contributed by atoms with E-state index < -0.39 is 12.8 Å². The highest BCUT2D eigenvalue weighted by Crippen LogP contribution is 2.27. The van der Waals surface area contributed by atoms with Crippen molar-refractivity contribution >= 4 is 15.9 Å². The summed E-state index contributed by atoms with van der Waals surface area (Å²) in [7, 11) is 0. The highest BCUT2D eigenvalue weighted by molar-refractivity contribution is 9.10. The average Bonchev–Trinajstić information content (AvgIpc) is 2.28. The molecule has 1 aromatic carbocycles. The zero-order valence-corrected chi connectivity index (χ0v) is 11.9. The Labute approximate surface area is 118 Å². The summed E-state index contributed by atoms with van der Waals surface area (Å²) in [5.41, 5.74) is 6.57. The molecule has 7 heteroatoms. The Morgan fingerprint density at radius 1 is 1.32 bits per heavy atom. The van der Waals surface area contributed by atoms with Gasteiger partial charge in [-0.1, -0.05) is 15.9 Å². The van der Waals surface area contributed by atoms with Gasteiger partial charge in [0.15, 0.2) is 0 Å². The quantitative estimate of drug-likeness (QED) is 0.806. The molecule has 108 valence electrons. The van der Waals surface area contributed by atoms with Gasteiger partial charge in [-0.25, -0.2) is 0 Å². The molecule has 3 nitrogen and oxygen atoms in total. The number of hydrogen-bond donors (Lipinski definition) is 1. The van der Waals surface area contributed by atoms with Gasteiger partial charge in [-0.3, -0.25) is 0 Å². The molecule has 0 fully saturated rings. The predicted molar refractivity (Wildman–Crippen MR) is 69.1 cm³/mol. The maximum atomic E-state index is 11.8. The first-order valence-corrected chi connectivity index (χ1v) is 6.41. The van der Waals surface area contributed by atoms with Crippen molar-refractivity contribution in [3.05, 3.63) is 28.2 Å². The second-order valence-electron chi connectivity index (χ2n) is 3.99. The SMILES string of the molecule is C[C@H](N)c1cc(Br)ccc1OCCOCC(F)(F)F. The van der Waals surface area contributed by atoms with Crippen molar-refractivity contribution in [1.82, 2.24) is 0 Å². The van der Waals surface area contributed by atoms with Crippen molar-refractivity contribution in [2.24, 2.45) is 5.73 Å². The number of halogens is 4. The van der Waals surface area contributed by atoms with Crippen molar-refractivity contribution in [1.29, 1.82) is 0 Å². The Kier molecular flexibility index (Phi) is 6.09. The van der Waals surface area contributed by atoms with Gasteiger partial charge in [-0.15, -0.1) is 0 Å². The lowest BCUT2D eigenvalue weighted by atomic mass is 10.1. The van der Waals surface area contributed by atoms with Crippen molar-refractivity contribution in [2.75, 3.05) is 19.8 Å². The molecule has 0 bridgehead atoms. The van der Waals surface area contributed by atoms with Crippen LogP contribution in [0.3, 0.4) is 0 Å². The third-order valence-electron chi connectivity index (χ3n) is 2.21. The van der Waals surface area contributed by atoms with E-state index in [-0.39, 0.29) is 19.3 Å². The van der Waals surface area contributed by atoms with Crippen LogP contribution in [-0.2, 0) is 4.74 Å². The number of nitrogens with two attached hydrogens (primary N) is 1. The molecule has 1 atom stereocenters. The highest BCUT2D eigenvalue weighted by Gasteiger charge is 2.27. The second-order valence-corrected chi connectivity index (χ2v) is 4.90. The Bertz CT molecular complexity index is 410. The summed E-state index contributed by atoms with van der Waals surface area (Å²) in [4.78, 5) is 0. The monoisotopic (exact) mass is 341 g/mol. The number of hydrogen-bond acceptors (Lipinski definition) is 3. The summed E-state index contributed by atoms with van der Waals surface area (Å²) >= 11 is 3.32. The number of alkyl halides is 3. The molecule has 1 aromatic rings. The minimum Gasteiger partial charge on any atom is -0.491 e. The van der Waals surface area contributed by atoms with E-state index in [1.54, 1.807) is 19.1 Å². The van der Waals surface area contributed by atoms with Crippen LogP contribution in [0.25, 0.3) is 0 Å². The van der Waals surface area contributed by atoms with E-state index in [1.165, 1.54) is 0 Å². The molecule has 2 N–H and O–H groups in total. The summed E-state index contributed by atoms with van der Waals surface area (Å²) in [6.45, 7) is 0.441. The Balaban J connectivity index is 2.45. The fourth-order valence-electron chi connectivity index (χ4n) is 1.41. The largest absolute Gasteiger partial charge is 0.491 e. The van der Waals surface area contributed by atoms with Gasteiger partial charge >= 0.3 is 6.18 Å². The highest BCUT2D eigenvalue weighted by atomic mass is 79.9. The maximum Gasteiger partial charge on any atom is 0.411 e. The molecule has 0 aliphatic rings. The molecule has 0 unspecified atom stereocenters. The Morgan fingerprint density at radius 3 is 2.58 bits per heavy atom. The van der Waals surface area contributed by atoms with Crippen molar-refractivity contribution in [3.63, 3.8) is 0 Å². The van der Waals surface area contributed by atoms with Gasteiger partial charge < -0.3 is 15.2 Å². The van der Waals surface area contributed by atoms with Gasteiger partial charge in [0.2, 0.25) is 0 Å². The fraction of sp³-hybridized carbons (Fsp3) is 0.500. The van der Waals surface area contributed by atoms with E-state index in [1.807, 2.05) is 6.07 Å². The summed E-state index contributed by atoms with van der Waals surface area (Å²) in [6, 6.07) is 5.07. The summed E-state index contributed by atoms with van der Waals surface area (Å²) < 4.78 is 46.2. The lowest BCUT2D eigenvalue weighted by molar-refractivity contribution is -0.175. The molecule has 0 saturated carbocycles. The van der Waals surface area contributed by atoms with Gasteiger partial charge in [0.1, 0.15) is 19.0 Å². The van der Waals surface area contributed by atoms with Gasteiger partial charge in [0, 0.05) is 16.1 Å². The van der Waals surface area contributed by atoms with E-state index in [0.717, 1.165) is 10.0 Å². The lowest BCUT2D eigenvalue weighted by Gasteiger charge is -2.15. The fourth-order valence-corrected chi connectivity index (χ4v) is 1.78. The van der Waals surface area contributed by atoms with E-state index >= 15 is 0 Å². The molecule has 0 radical (unpaired) electrons. The van der Waals surface area contributed by atoms with Crippen molar-refractivity contribution in [3.8, 4) is 5.75 Å². The third-order valence-corrected chi connectivity index (χ3v) is 2.71. The number of rotatable bonds is 6. The molecule has 0 aliphatic carbocycles. The molecular weight excluding hydrogens is 327 g/mol. The molecular formula is C12H15BrF3NO2. The topological polar surface area (TPSA) is 44.5 Å². The molecule has 19 heavy (non-hydrogen) atoms. The van der Waals surface area contributed by atoms with Crippen LogP contribution >= 0.6 is 15.9 Å². The van der Waals surface area contributed by atoms with Crippen molar-refractivity contribution < 1.29 is 22.6 Å². The molecule has 0 aromatic heterocycles. The summed E-state index contributed by atoms with van der Waals surface area (Å²) in [6.07, 6.45) is -4.31. The van der Waals surface area contributed by atoms with Crippen LogP contribution in [0.1, 0.15) is 18.5 Å². The van der Waals surface area contributed by atoms with Crippen LogP contribution in [0, 0.1) is 0 Å². The average molecular weight is 342 g/mol. The first kappa shape index (κ1) is 16.3. The number of benzene rings is 1. The molecule has 0 saturated heterocycles. The predicted octanol–water partition coefficient (Wildman–Crippen LogP) is 3.43. The second kappa shape index (κ2) is 7.12. The van der Waals surface area contributed by atoms with Gasteiger partial charge in [-0.2, -0.15) is 13.2 Å². The first-order valence-electron chi connectivity index (χ1n) is 5.62. The Morgan fingerprint density at radius 2 is 2.00 bits per heavy atom. The van der Waals surface area contributed by atoms with Crippen molar-refractivity contribution in [2.45, 2.75) is 19.1 Å². The molecule has 1 rings (SSSR count). The molecule has 0 amide bonds. The first-order chi connectivity index (χ1) is 8.79.